The second-order valence-electron chi connectivity index (χ2n) is 9.35. The van der Waals surface area contributed by atoms with Crippen LogP contribution in [0.3, 0.4) is 0 Å². The van der Waals surface area contributed by atoms with Crippen LogP contribution in [-0.4, -0.2) is 25.4 Å². The number of aryl methyl sites for hydroxylation is 1. The maximum atomic E-state index is 14.0. The van der Waals surface area contributed by atoms with E-state index >= 15 is 0 Å². The molecule has 0 radical (unpaired) electrons. The van der Waals surface area contributed by atoms with Crippen LogP contribution in [0.2, 0.25) is 0 Å². The second kappa shape index (κ2) is 10.5. The van der Waals surface area contributed by atoms with Gasteiger partial charge in [-0.3, -0.25) is 9.36 Å². The smallest absolute Gasteiger partial charge is 0.271 e. The first-order valence-electron chi connectivity index (χ1n) is 12.8. The third-order valence-electron chi connectivity index (χ3n) is 7.14. The number of rotatable bonds is 6. The van der Waals surface area contributed by atoms with Crippen LogP contribution in [0.15, 0.2) is 80.5 Å². The van der Waals surface area contributed by atoms with E-state index in [4.69, 9.17) is 19.2 Å². The van der Waals surface area contributed by atoms with Gasteiger partial charge < -0.3 is 14.2 Å². The number of benzene rings is 3. The first-order chi connectivity index (χ1) is 19.0. The van der Waals surface area contributed by atoms with Gasteiger partial charge in [0.2, 0.25) is 0 Å². The summed E-state index contributed by atoms with van der Waals surface area (Å²) < 4.78 is 19.9. The number of fused-ring (bicyclic) bond motifs is 3. The molecule has 6 rings (SSSR count). The highest BCUT2D eigenvalue weighted by atomic mass is 79.9. The molecule has 8 heteroatoms. The highest BCUT2D eigenvalue weighted by molar-refractivity contribution is 9.10. The quantitative estimate of drug-likeness (QED) is 0.292. The fourth-order valence-corrected chi connectivity index (χ4v) is 6.94. The summed E-state index contributed by atoms with van der Waals surface area (Å²) in [6, 6.07) is 20.0. The molecule has 1 aromatic heterocycles. The Morgan fingerprint density at radius 2 is 1.87 bits per heavy atom. The van der Waals surface area contributed by atoms with Crippen LogP contribution in [0, 0.1) is 0 Å². The summed E-state index contributed by atoms with van der Waals surface area (Å²) >= 11 is 5.01. The van der Waals surface area contributed by atoms with Crippen molar-refractivity contribution in [1.82, 2.24) is 4.57 Å². The lowest BCUT2D eigenvalue weighted by Crippen LogP contribution is -2.38. The van der Waals surface area contributed by atoms with Gasteiger partial charge in [0.15, 0.2) is 16.3 Å². The molecular weight excluding hydrogens is 576 g/mol. The van der Waals surface area contributed by atoms with E-state index < -0.39 is 0 Å². The Balaban J connectivity index is 1.56. The second-order valence-corrected chi connectivity index (χ2v) is 11.2. The Morgan fingerprint density at radius 1 is 1.08 bits per heavy atom. The monoisotopic (exact) mass is 602 g/mol. The Hall–Kier alpha value is -3.62. The molecule has 3 aromatic carbocycles. The first-order valence-corrected chi connectivity index (χ1v) is 14.4. The van der Waals surface area contributed by atoms with E-state index in [1.165, 1.54) is 22.5 Å². The van der Waals surface area contributed by atoms with E-state index in [1.807, 2.05) is 54.0 Å². The van der Waals surface area contributed by atoms with E-state index in [9.17, 15) is 4.79 Å². The fourth-order valence-electron chi connectivity index (χ4n) is 5.37. The maximum absolute atomic E-state index is 14.0. The van der Waals surface area contributed by atoms with Crippen molar-refractivity contribution in [2.45, 2.75) is 25.8 Å². The molecule has 0 saturated heterocycles. The number of hydrogen-bond acceptors (Lipinski definition) is 6. The summed E-state index contributed by atoms with van der Waals surface area (Å²) in [4.78, 5) is 19.8. The molecule has 1 atom stereocenters. The topological polar surface area (TPSA) is 62.0 Å². The average molecular weight is 604 g/mol. The molecule has 0 bridgehead atoms. The zero-order chi connectivity index (χ0) is 27.1. The normalized spacial score (nSPS) is 16.2. The molecule has 1 unspecified atom stereocenters. The standard InChI is InChI=1S/C31H27BrN2O4S/c1-4-38-29-24(32)15-18(16-25(29)37-3)17-26-30(35)34-28(20-9-12-21(36-2)13-10-20)23-14-11-19-7-5-6-8-22(19)27(23)33-31(34)39-26/h5-10,12-13,15-17,28H,4,11,14H2,1-3H3. The summed E-state index contributed by atoms with van der Waals surface area (Å²) in [6.45, 7) is 2.45. The first kappa shape index (κ1) is 25.6. The molecule has 0 fully saturated rings. The number of allylic oxidation sites excluding steroid dienone is 1. The highest BCUT2D eigenvalue weighted by Gasteiger charge is 2.32. The Labute approximate surface area is 238 Å². The van der Waals surface area contributed by atoms with Gasteiger partial charge in [-0.2, -0.15) is 0 Å². The number of halogens is 1. The SMILES string of the molecule is CCOc1c(Br)cc(C=c2sc3n(c2=O)C(c2ccc(OC)cc2)C2=C(N=3)c3ccccc3CC2)cc1OC. The van der Waals surface area contributed by atoms with Gasteiger partial charge in [-0.05, 0) is 88.3 Å². The van der Waals surface area contributed by atoms with Gasteiger partial charge in [0.05, 0.1) is 41.6 Å². The van der Waals surface area contributed by atoms with Crippen LogP contribution >= 0.6 is 27.3 Å². The van der Waals surface area contributed by atoms with Crippen molar-refractivity contribution in [3.63, 3.8) is 0 Å². The number of methoxy groups -OCH3 is 2. The van der Waals surface area contributed by atoms with E-state index in [1.54, 1.807) is 14.2 Å². The molecule has 4 aromatic rings. The largest absolute Gasteiger partial charge is 0.497 e. The molecule has 2 aliphatic rings. The molecule has 198 valence electrons. The molecule has 0 N–H and O–H groups in total. The van der Waals surface area contributed by atoms with Crippen LogP contribution < -0.4 is 29.1 Å². The molecule has 1 aliphatic carbocycles. The van der Waals surface area contributed by atoms with Crippen LogP contribution in [0.1, 0.15) is 41.6 Å². The van der Waals surface area contributed by atoms with Gasteiger partial charge in [-0.25, -0.2) is 4.99 Å². The predicted molar refractivity (Wildman–Crippen MR) is 158 cm³/mol. The maximum Gasteiger partial charge on any atom is 0.271 e. The van der Waals surface area contributed by atoms with Crippen molar-refractivity contribution in [1.29, 1.82) is 0 Å². The Bertz CT molecular complexity index is 1790. The van der Waals surface area contributed by atoms with E-state index in [0.29, 0.717) is 27.4 Å². The molecule has 0 amide bonds. The highest BCUT2D eigenvalue weighted by Crippen LogP contribution is 2.41. The zero-order valence-corrected chi connectivity index (χ0v) is 24.3. The summed E-state index contributed by atoms with van der Waals surface area (Å²) in [7, 11) is 3.27. The van der Waals surface area contributed by atoms with Crippen molar-refractivity contribution in [3.05, 3.63) is 113 Å². The number of ether oxygens (including phenoxy) is 3. The summed E-state index contributed by atoms with van der Waals surface area (Å²) in [5, 5.41) is 0. The van der Waals surface area contributed by atoms with Crippen LogP contribution in [-0.2, 0) is 6.42 Å². The molecule has 0 saturated carbocycles. The van der Waals surface area contributed by atoms with Gasteiger partial charge >= 0.3 is 0 Å². The van der Waals surface area contributed by atoms with Crippen molar-refractivity contribution in [3.8, 4) is 17.2 Å². The molecule has 1 aliphatic heterocycles. The minimum absolute atomic E-state index is 0.0612. The summed E-state index contributed by atoms with van der Waals surface area (Å²) in [5.74, 6) is 2.03. The van der Waals surface area contributed by atoms with E-state index in [0.717, 1.165) is 45.5 Å². The van der Waals surface area contributed by atoms with Gasteiger partial charge in [-0.1, -0.05) is 47.7 Å². The average Bonchev–Trinajstić information content (AvgIpc) is 3.27. The summed E-state index contributed by atoms with van der Waals surface area (Å²) in [5.41, 5.74) is 6.40. The minimum Gasteiger partial charge on any atom is -0.497 e. The number of nitrogens with zero attached hydrogens (tertiary/aromatic N) is 2. The minimum atomic E-state index is -0.237. The van der Waals surface area contributed by atoms with Gasteiger partial charge in [0.1, 0.15) is 5.75 Å². The van der Waals surface area contributed by atoms with Gasteiger partial charge in [-0.15, -0.1) is 0 Å². The third-order valence-corrected chi connectivity index (χ3v) is 8.71. The molecular formula is C31H27BrN2O4S. The lowest BCUT2D eigenvalue weighted by molar-refractivity contribution is 0.309. The predicted octanol–water partition coefficient (Wildman–Crippen LogP) is 5.50. The van der Waals surface area contributed by atoms with E-state index in [-0.39, 0.29) is 11.6 Å². The molecule has 0 spiro atoms. The van der Waals surface area contributed by atoms with E-state index in [2.05, 4.69) is 40.2 Å². The van der Waals surface area contributed by atoms with Crippen molar-refractivity contribution in [2.75, 3.05) is 20.8 Å². The van der Waals surface area contributed by atoms with Crippen LogP contribution in [0.5, 0.6) is 17.2 Å². The third kappa shape index (κ3) is 4.51. The number of aromatic nitrogens is 1. The van der Waals surface area contributed by atoms with Crippen molar-refractivity contribution >= 4 is 39.0 Å². The molecule has 39 heavy (non-hydrogen) atoms. The van der Waals surface area contributed by atoms with Crippen LogP contribution in [0.4, 0.5) is 0 Å². The lowest BCUT2D eigenvalue weighted by atomic mass is 9.83. The molecule has 6 nitrogen and oxygen atoms in total. The fraction of sp³-hybridized carbons (Fsp3) is 0.226. The van der Waals surface area contributed by atoms with Gasteiger partial charge in [0, 0.05) is 5.56 Å². The Morgan fingerprint density at radius 3 is 2.62 bits per heavy atom. The number of hydrogen-bond donors (Lipinski definition) is 0. The lowest BCUT2D eigenvalue weighted by Gasteiger charge is -2.30. The van der Waals surface area contributed by atoms with Crippen molar-refractivity contribution < 1.29 is 14.2 Å². The van der Waals surface area contributed by atoms with Crippen molar-refractivity contribution in [2.24, 2.45) is 4.99 Å². The number of thiazole rings is 1. The zero-order valence-electron chi connectivity index (χ0n) is 21.9. The van der Waals surface area contributed by atoms with Crippen LogP contribution in [0.25, 0.3) is 11.8 Å². The summed E-state index contributed by atoms with van der Waals surface area (Å²) in [6.07, 6.45) is 3.66. The molecule has 2 heterocycles. The van der Waals surface area contributed by atoms with Gasteiger partial charge in [0.25, 0.3) is 5.56 Å². The Kier molecular flexibility index (Phi) is 6.91.